The van der Waals surface area contributed by atoms with Gasteiger partial charge in [-0.3, -0.25) is 0 Å². The predicted molar refractivity (Wildman–Crippen MR) is 75.3 cm³/mol. The number of methoxy groups -OCH3 is 1. The first kappa shape index (κ1) is 15.3. The van der Waals surface area contributed by atoms with Crippen molar-refractivity contribution in [3.8, 4) is 17.6 Å². The summed E-state index contributed by atoms with van der Waals surface area (Å²) in [5.74, 6) is 1.41. The van der Waals surface area contributed by atoms with Crippen LogP contribution in [0.4, 0.5) is 0 Å². The smallest absolute Gasteiger partial charge is 0.181 e. The van der Waals surface area contributed by atoms with E-state index >= 15 is 0 Å². The fourth-order valence-corrected chi connectivity index (χ4v) is 1.49. The quantitative estimate of drug-likeness (QED) is 0.886. The molecule has 1 aromatic rings. The molecule has 19 heavy (non-hydrogen) atoms. The lowest BCUT2D eigenvalue weighted by atomic mass is 10.1. The molecule has 1 unspecified atom stereocenters. The van der Waals surface area contributed by atoms with Crippen LogP contribution < -0.4 is 14.8 Å². The number of ether oxygens (including phenoxy) is 2. The van der Waals surface area contributed by atoms with Crippen LogP contribution in [-0.4, -0.2) is 18.8 Å². The highest BCUT2D eigenvalue weighted by Crippen LogP contribution is 2.26. The molecule has 0 aliphatic heterocycles. The van der Waals surface area contributed by atoms with Crippen molar-refractivity contribution >= 4 is 0 Å². The molecule has 1 aromatic carbocycles. The van der Waals surface area contributed by atoms with Crippen molar-refractivity contribution < 1.29 is 9.47 Å². The molecule has 4 nitrogen and oxygen atoms in total. The van der Waals surface area contributed by atoms with Gasteiger partial charge in [-0.2, -0.15) is 5.26 Å². The van der Waals surface area contributed by atoms with Gasteiger partial charge < -0.3 is 14.8 Å². The van der Waals surface area contributed by atoms with Crippen LogP contribution in [0.2, 0.25) is 0 Å². The molecule has 0 aliphatic carbocycles. The number of nitrogens with zero attached hydrogens (tertiary/aromatic N) is 1. The first-order valence-electron chi connectivity index (χ1n) is 6.34. The average molecular weight is 262 g/mol. The molecule has 0 aliphatic rings. The number of rotatable bonds is 5. The molecule has 104 valence electrons. The van der Waals surface area contributed by atoms with Crippen molar-refractivity contribution in [3.63, 3.8) is 0 Å². The number of nitriles is 1. The molecule has 4 heteroatoms. The van der Waals surface area contributed by atoms with E-state index < -0.39 is 6.10 Å². The van der Waals surface area contributed by atoms with Gasteiger partial charge in [-0.25, -0.2) is 0 Å². The minimum absolute atomic E-state index is 0.0258. The molecule has 0 aromatic heterocycles. The van der Waals surface area contributed by atoms with Crippen molar-refractivity contribution in [2.45, 2.75) is 45.9 Å². The summed E-state index contributed by atoms with van der Waals surface area (Å²) >= 11 is 0. The minimum Gasteiger partial charge on any atom is -0.497 e. The topological polar surface area (TPSA) is 54.3 Å². The van der Waals surface area contributed by atoms with E-state index in [1.165, 1.54) is 0 Å². The third-order valence-electron chi connectivity index (χ3n) is 2.57. The fraction of sp³-hybridized carbons (Fsp3) is 0.533. The van der Waals surface area contributed by atoms with Crippen LogP contribution >= 0.6 is 0 Å². The van der Waals surface area contributed by atoms with Gasteiger partial charge in [0, 0.05) is 23.7 Å². The van der Waals surface area contributed by atoms with E-state index in [9.17, 15) is 0 Å². The van der Waals surface area contributed by atoms with E-state index in [-0.39, 0.29) is 5.54 Å². The molecular formula is C15H22N2O2. The van der Waals surface area contributed by atoms with Crippen LogP contribution in [0, 0.1) is 11.3 Å². The van der Waals surface area contributed by atoms with Crippen LogP contribution in [0.3, 0.4) is 0 Å². The van der Waals surface area contributed by atoms with Crippen molar-refractivity contribution in [1.82, 2.24) is 5.32 Å². The van der Waals surface area contributed by atoms with Crippen LogP contribution in [-0.2, 0) is 6.54 Å². The number of hydrogen-bond acceptors (Lipinski definition) is 4. The number of benzene rings is 1. The lowest BCUT2D eigenvalue weighted by molar-refractivity contribution is 0.270. The van der Waals surface area contributed by atoms with Crippen molar-refractivity contribution in [1.29, 1.82) is 5.26 Å². The molecular weight excluding hydrogens is 240 g/mol. The Morgan fingerprint density at radius 1 is 1.37 bits per heavy atom. The summed E-state index contributed by atoms with van der Waals surface area (Å²) in [4.78, 5) is 0. The maximum Gasteiger partial charge on any atom is 0.181 e. The second-order valence-electron chi connectivity index (χ2n) is 5.47. The Balaban J connectivity index is 2.92. The van der Waals surface area contributed by atoms with Gasteiger partial charge in [0.15, 0.2) is 6.10 Å². The largest absolute Gasteiger partial charge is 0.497 e. The Labute approximate surface area is 115 Å². The number of hydrogen-bond donors (Lipinski definition) is 1. The zero-order valence-electron chi connectivity index (χ0n) is 12.3. The van der Waals surface area contributed by atoms with E-state index in [1.807, 2.05) is 18.2 Å². The van der Waals surface area contributed by atoms with Gasteiger partial charge in [0.25, 0.3) is 0 Å². The summed E-state index contributed by atoms with van der Waals surface area (Å²) in [6.45, 7) is 8.72. The average Bonchev–Trinajstić information content (AvgIpc) is 2.35. The second-order valence-corrected chi connectivity index (χ2v) is 5.47. The molecule has 0 saturated carbocycles. The maximum absolute atomic E-state index is 8.85. The lowest BCUT2D eigenvalue weighted by Gasteiger charge is -2.22. The Kier molecular flexibility index (Phi) is 5.20. The second kappa shape index (κ2) is 6.44. The molecule has 1 atom stereocenters. The highest BCUT2D eigenvalue weighted by Gasteiger charge is 2.13. The minimum atomic E-state index is -0.486. The molecule has 0 spiro atoms. The first-order chi connectivity index (χ1) is 8.85. The molecule has 1 rings (SSSR count). The third kappa shape index (κ3) is 5.19. The van der Waals surface area contributed by atoms with E-state index in [2.05, 4.69) is 32.2 Å². The molecule has 0 saturated heterocycles. The predicted octanol–water partition coefficient (Wildman–Crippen LogP) is 2.87. The fourth-order valence-electron chi connectivity index (χ4n) is 1.49. The molecule has 0 amide bonds. The summed E-state index contributed by atoms with van der Waals surface area (Å²) in [6.07, 6.45) is -0.486. The summed E-state index contributed by atoms with van der Waals surface area (Å²) in [7, 11) is 1.61. The Bertz CT molecular complexity index is 458. The monoisotopic (exact) mass is 262 g/mol. The van der Waals surface area contributed by atoms with Crippen LogP contribution in [0.15, 0.2) is 18.2 Å². The molecule has 0 fully saturated rings. The maximum atomic E-state index is 8.85. The summed E-state index contributed by atoms with van der Waals surface area (Å²) < 4.78 is 10.8. The SMILES string of the molecule is COc1ccc(CNC(C)(C)C)c(OC(C)C#N)c1. The summed E-state index contributed by atoms with van der Waals surface area (Å²) in [5.41, 5.74) is 1.04. The zero-order valence-corrected chi connectivity index (χ0v) is 12.3. The van der Waals surface area contributed by atoms with E-state index in [0.29, 0.717) is 12.3 Å². The molecule has 0 radical (unpaired) electrons. The normalized spacial score (nSPS) is 12.6. The third-order valence-corrected chi connectivity index (χ3v) is 2.57. The Morgan fingerprint density at radius 3 is 2.58 bits per heavy atom. The van der Waals surface area contributed by atoms with Gasteiger partial charge in [0.1, 0.15) is 17.6 Å². The van der Waals surface area contributed by atoms with Crippen LogP contribution in [0.5, 0.6) is 11.5 Å². The molecule has 0 bridgehead atoms. The van der Waals surface area contributed by atoms with E-state index in [4.69, 9.17) is 14.7 Å². The molecule has 0 heterocycles. The van der Waals surface area contributed by atoms with Gasteiger partial charge in [-0.05, 0) is 33.8 Å². The van der Waals surface area contributed by atoms with Gasteiger partial charge in [-0.15, -0.1) is 0 Å². The zero-order chi connectivity index (χ0) is 14.5. The van der Waals surface area contributed by atoms with E-state index in [0.717, 1.165) is 11.3 Å². The Morgan fingerprint density at radius 2 is 2.05 bits per heavy atom. The van der Waals surface area contributed by atoms with E-state index in [1.54, 1.807) is 14.0 Å². The highest BCUT2D eigenvalue weighted by molar-refractivity contribution is 5.41. The lowest BCUT2D eigenvalue weighted by Crippen LogP contribution is -2.35. The highest BCUT2D eigenvalue weighted by atomic mass is 16.5. The number of nitrogens with one attached hydrogen (secondary N) is 1. The van der Waals surface area contributed by atoms with Crippen LogP contribution in [0.25, 0.3) is 0 Å². The summed E-state index contributed by atoms with van der Waals surface area (Å²) in [6, 6.07) is 7.73. The Hall–Kier alpha value is -1.73. The van der Waals surface area contributed by atoms with Crippen LogP contribution in [0.1, 0.15) is 33.3 Å². The van der Waals surface area contributed by atoms with Gasteiger partial charge in [0.05, 0.1) is 7.11 Å². The standard InChI is InChI=1S/C15H22N2O2/c1-11(9-16)19-14-8-13(18-5)7-6-12(14)10-17-15(2,3)4/h6-8,11,17H,10H2,1-5H3. The van der Waals surface area contributed by atoms with Gasteiger partial charge in [-0.1, -0.05) is 6.07 Å². The molecule has 1 N–H and O–H groups in total. The first-order valence-corrected chi connectivity index (χ1v) is 6.34. The van der Waals surface area contributed by atoms with Crippen molar-refractivity contribution in [2.24, 2.45) is 0 Å². The van der Waals surface area contributed by atoms with Gasteiger partial charge in [0.2, 0.25) is 0 Å². The van der Waals surface area contributed by atoms with Crippen molar-refractivity contribution in [2.75, 3.05) is 7.11 Å². The van der Waals surface area contributed by atoms with Gasteiger partial charge >= 0.3 is 0 Å². The van der Waals surface area contributed by atoms with Crippen molar-refractivity contribution in [3.05, 3.63) is 23.8 Å². The summed E-state index contributed by atoms with van der Waals surface area (Å²) in [5, 5.41) is 12.3.